The van der Waals surface area contributed by atoms with Crippen LogP contribution in [0.1, 0.15) is 94.5 Å². The number of fused-ring (bicyclic) bond motifs is 2. The lowest BCUT2D eigenvalue weighted by Crippen LogP contribution is -2.21. The molecule has 0 aliphatic carbocycles. The van der Waals surface area contributed by atoms with Crippen LogP contribution >= 0.6 is 15.9 Å². The van der Waals surface area contributed by atoms with Gasteiger partial charge in [0.1, 0.15) is 62.9 Å². The van der Waals surface area contributed by atoms with Gasteiger partial charge in [0, 0.05) is 103 Å². The molecule has 30 nitrogen and oxygen atoms in total. The number of nitrogens with one attached hydrogen (secondary N) is 2. The monoisotopic (exact) mass is 1500 g/mol. The average molecular weight is 1500 g/mol. The van der Waals surface area contributed by atoms with Gasteiger partial charge in [-0.2, -0.15) is 26.3 Å². The molecule has 0 aromatic carbocycles. The molecule has 0 spiro atoms. The summed E-state index contributed by atoms with van der Waals surface area (Å²) in [5.41, 5.74) is 17.5. The van der Waals surface area contributed by atoms with Crippen LogP contribution in [-0.4, -0.2) is 136 Å². The number of pyridine rings is 7. The van der Waals surface area contributed by atoms with Gasteiger partial charge in [-0.15, -0.1) is 0 Å². The van der Waals surface area contributed by atoms with E-state index in [-0.39, 0.29) is 35.0 Å². The summed E-state index contributed by atoms with van der Waals surface area (Å²) in [5, 5.41) is 72.0. The maximum atomic E-state index is 10.8. The Morgan fingerprint density at radius 3 is 1.40 bits per heavy atom. The van der Waals surface area contributed by atoms with Gasteiger partial charge in [0.05, 0.1) is 142 Å². The number of imidazole rings is 2. The third-order valence-electron chi connectivity index (χ3n) is 19.3. The topological polar surface area (TPSA) is 397 Å². The lowest BCUT2D eigenvalue weighted by atomic mass is 10.1. The van der Waals surface area contributed by atoms with Gasteiger partial charge in [-0.1, -0.05) is 34.6 Å². The van der Waals surface area contributed by atoms with Crippen molar-refractivity contribution in [2.75, 3.05) is 108 Å². The molecular weight excluding hydrogens is 1410 g/mol. The van der Waals surface area contributed by atoms with Gasteiger partial charge in [0.15, 0.2) is 0 Å². The summed E-state index contributed by atoms with van der Waals surface area (Å²) < 4.78 is 4.60. The zero-order valence-electron chi connectivity index (χ0n) is 61.1. The highest BCUT2D eigenvalue weighted by Gasteiger charge is 2.28. The fraction of sp³-hybridized carbons (Fsp3) is 0.440. The lowest BCUT2D eigenvalue weighted by Gasteiger charge is -2.23. The molecule has 31 heteroatoms. The Bertz CT molecular complexity index is 4760. The average Bonchev–Trinajstić information content (AvgIpc) is 1.55. The Labute approximate surface area is 625 Å². The standard InChI is InChI=1S/C20H23N7.C19H21N7.C12H14N4O2.C12H16N4.C7H7BrN2O2.C5H8N2/c1-4-15-7-20(27-6-5-14(9-21)12-27)23-11-18(15)26(3)19-8-17-16(10-22-19)24-13-25(17)2;1-3-14-6-19(26-5-4-13(8-20)11-26)22-9-15(14)24-18-7-17-16(10-21-18)23-12-25(17)2;1-2-10-5-12(14-7-11(10)16(17)18)15-4-3-9(6-13)8-15;1-2-10-5-12(15-7-11(10)14)16-4-3-9(6-13)8-16;1-2-5-3-7(8)9-4-6(5)10(11)12;6-3-5-1-2-7-4-5/h7-8,10-11,13-14H,4-6,12H2,1-3H3;6-7,9-10,12-13H,3-5,11H2,1-2H3,(H,21,24);5,7,9H,2-4,8H2,1H3;5,7,9H,2-4,8,14H2,1H3;3-4H,2H2,1H3;5,7H,1-2,4H2. The number of halogens is 1. The second-order valence-electron chi connectivity index (χ2n) is 26.2. The highest BCUT2D eigenvalue weighted by molar-refractivity contribution is 9.10. The van der Waals surface area contributed by atoms with Gasteiger partial charge in [0.2, 0.25) is 0 Å². The number of nitrogen functional groups attached to an aromatic ring is 1. The Morgan fingerprint density at radius 1 is 0.519 bits per heavy atom. The van der Waals surface area contributed by atoms with Crippen molar-refractivity contribution in [1.82, 2.24) is 59.3 Å². The van der Waals surface area contributed by atoms with E-state index in [1.165, 1.54) is 23.5 Å². The number of hydrogen-bond acceptors (Lipinski definition) is 26. The van der Waals surface area contributed by atoms with E-state index in [0.29, 0.717) is 41.0 Å². The van der Waals surface area contributed by atoms with E-state index >= 15 is 0 Å². The second kappa shape index (κ2) is 37.6. The van der Waals surface area contributed by atoms with E-state index in [0.717, 1.165) is 190 Å². The van der Waals surface area contributed by atoms with Crippen molar-refractivity contribution < 1.29 is 9.85 Å². The second-order valence-corrected chi connectivity index (χ2v) is 27.1. The van der Waals surface area contributed by atoms with Crippen LogP contribution in [0.4, 0.5) is 63.3 Å². The highest BCUT2D eigenvalue weighted by Crippen LogP contribution is 2.34. The zero-order chi connectivity index (χ0) is 76.0. The Hall–Kier alpha value is -11.7. The van der Waals surface area contributed by atoms with Crippen LogP contribution in [0.3, 0.4) is 0 Å². The quantitative estimate of drug-likeness (QED) is 0.0487. The summed E-state index contributed by atoms with van der Waals surface area (Å²) >= 11 is 3.15. The largest absolute Gasteiger partial charge is 0.397 e. The summed E-state index contributed by atoms with van der Waals surface area (Å²) in [7, 11) is 5.97. The minimum Gasteiger partial charge on any atom is -0.397 e. The van der Waals surface area contributed by atoms with Crippen LogP contribution < -0.4 is 40.9 Å². The first kappa shape index (κ1) is 78.4. The summed E-state index contributed by atoms with van der Waals surface area (Å²) in [6.07, 6.45) is 23.8. The van der Waals surface area contributed by atoms with E-state index in [4.69, 9.17) is 32.0 Å². The number of hydrogen-bond donors (Lipinski definition) is 3. The van der Waals surface area contributed by atoms with Gasteiger partial charge in [-0.3, -0.25) is 20.2 Å². The first-order valence-electron chi connectivity index (χ1n) is 35.6. The molecule has 5 atom stereocenters. The van der Waals surface area contributed by atoms with E-state index in [2.05, 4.69) is 154 Å². The fourth-order valence-corrected chi connectivity index (χ4v) is 13.3. The summed E-state index contributed by atoms with van der Waals surface area (Å²) in [4.78, 5) is 70.3. The third-order valence-corrected chi connectivity index (χ3v) is 19.8. The highest BCUT2D eigenvalue weighted by atomic mass is 79.9. The number of rotatable bonds is 15. The smallest absolute Gasteiger partial charge is 0.290 e. The van der Waals surface area contributed by atoms with Gasteiger partial charge in [-0.25, -0.2) is 44.9 Å². The van der Waals surface area contributed by atoms with Crippen molar-refractivity contribution in [2.24, 2.45) is 43.7 Å². The van der Waals surface area contributed by atoms with Crippen LogP contribution in [0.5, 0.6) is 0 Å². The normalized spacial score (nSPS) is 17.6. The molecule has 5 fully saturated rings. The molecule has 5 unspecified atom stereocenters. The van der Waals surface area contributed by atoms with Crippen LogP contribution in [0.2, 0.25) is 0 Å². The molecule has 0 radical (unpaired) electrons. The number of nitrogens with two attached hydrogens (primary N) is 1. The van der Waals surface area contributed by atoms with Gasteiger partial charge in [0.25, 0.3) is 11.4 Å². The molecule has 550 valence electrons. The van der Waals surface area contributed by atoms with Gasteiger partial charge in [-0.05, 0) is 134 Å². The molecule has 14 heterocycles. The maximum Gasteiger partial charge on any atom is 0.290 e. The van der Waals surface area contributed by atoms with E-state index in [1.54, 1.807) is 43.4 Å². The first-order chi connectivity index (χ1) is 51.2. The minimum absolute atomic E-state index is 0.0343. The number of nitro groups is 2. The molecule has 106 heavy (non-hydrogen) atoms. The number of aryl methyl sites for hydroxylation is 7. The van der Waals surface area contributed by atoms with Crippen molar-refractivity contribution in [3.8, 4) is 30.3 Å². The lowest BCUT2D eigenvalue weighted by molar-refractivity contribution is -0.386. The number of aromatic nitrogens is 11. The molecular formula is C75H89BrN26O4. The predicted octanol–water partition coefficient (Wildman–Crippen LogP) is 12.0. The summed E-state index contributed by atoms with van der Waals surface area (Å²) in [5.74, 6) is 5.90. The molecule has 0 bridgehead atoms. The van der Waals surface area contributed by atoms with Crippen molar-refractivity contribution >= 4 is 101 Å². The molecule has 0 saturated carbocycles. The van der Waals surface area contributed by atoms with Crippen LogP contribution in [-0.2, 0) is 46.2 Å². The Morgan fingerprint density at radius 2 is 0.943 bits per heavy atom. The van der Waals surface area contributed by atoms with Gasteiger partial charge >= 0.3 is 0 Å². The molecule has 0 amide bonds. The third kappa shape index (κ3) is 20.0. The molecule has 4 N–H and O–H groups in total. The number of nitriles is 5. The van der Waals surface area contributed by atoms with Crippen molar-refractivity contribution in [2.45, 2.75) is 98.8 Å². The number of nitrogens with zero attached hydrogens (tertiary/aromatic N) is 23. The summed E-state index contributed by atoms with van der Waals surface area (Å²) in [6.45, 7) is 18.5. The predicted molar refractivity (Wildman–Crippen MR) is 412 cm³/mol. The van der Waals surface area contributed by atoms with E-state index < -0.39 is 9.85 Å². The Balaban J connectivity index is 0.000000153. The molecule has 9 aromatic heterocycles. The maximum absolute atomic E-state index is 10.8. The fourth-order valence-electron chi connectivity index (χ4n) is 12.9. The molecule has 9 aromatic rings. The first-order valence-corrected chi connectivity index (χ1v) is 36.4. The summed E-state index contributed by atoms with van der Waals surface area (Å²) in [6, 6.07) is 25.2. The van der Waals surface area contributed by atoms with Crippen molar-refractivity contribution in [1.29, 1.82) is 26.3 Å². The molecule has 14 rings (SSSR count). The van der Waals surface area contributed by atoms with Crippen LogP contribution in [0.25, 0.3) is 22.1 Å². The van der Waals surface area contributed by atoms with Crippen molar-refractivity contribution in [3.63, 3.8) is 0 Å². The van der Waals surface area contributed by atoms with Crippen LogP contribution in [0, 0.1) is 106 Å². The molecule has 5 saturated heterocycles. The van der Waals surface area contributed by atoms with Gasteiger partial charge < -0.3 is 50.0 Å². The SMILES string of the molecule is CCc1cc(Br)ncc1[N+](=O)[O-].CCc1cc(N2CCC(C#N)C2)ncc1N.CCc1cc(N2CCC(C#N)C2)ncc1N(C)c1cc2c(cn1)ncn2C.CCc1cc(N2CCC(C#N)C2)ncc1Nc1cc2c(cn1)ncn2C.CCc1cc(N2CCC(C#N)C2)ncc1[N+](=O)[O-].N#CC1CCNC1. The van der Waals surface area contributed by atoms with Crippen LogP contribution in [0.15, 0.2) is 103 Å². The van der Waals surface area contributed by atoms with E-state index in [1.807, 2.05) is 79.6 Å². The number of anilines is 9. The molecule has 5 aliphatic rings. The van der Waals surface area contributed by atoms with E-state index in [9.17, 15) is 20.2 Å². The Kier molecular flexibility index (Phi) is 27.8. The zero-order valence-corrected chi connectivity index (χ0v) is 62.7. The minimum atomic E-state index is -0.418. The van der Waals surface area contributed by atoms with Crippen molar-refractivity contribution in [3.05, 3.63) is 151 Å². The molecule has 5 aliphatic heterocycles.